The SMILES string of the molecule is CCOC(=O)c1cccc(NC(=O)CN(c2cccc(C)c2)S(=O)(=O)c2ccc(Cl)cc2)c1C. The molecular formula is C25H25ClN2O5S. The first-order valence-corrected chi connectivity index (χ1v) is 12.4. The molecule has 7 nitrogen and oxygen atoms in total. The van der Waals surface area contributed by atoms with E-state index < -0.39 is 28.4 Å². The number of sulfonamides is 1. The number of nitrogens with one attached hydrogen (secondary N) is 1. The second kappa shape index (κ2) is 10.7. The van der Waals surface area contributed by atoms with Crippen LogP contribution in [0.15, 0.2) is 71.6 Å². The average Bonchev–Trinajstić information content (AvgIpc) is 2.79. The number of halogens is 1. The standard InChI is InChI=1S/C25H25ClN2O5S/c1-4-33-25(30)22-9-6-10-23(18(22)3)27-24(29)16-28(20-8-5-7-17(2)15-20)34(31,32)21-13-11-19(26)12-14-21/h5-15H,4,16H2,1-3H3,(H,27,29). The van der Waals surface area contributed by atoms with E-state index in [1.807, 2.05) is 13.0 Å². The highest BCUT2D eigenvalue weighted by atomic mass is 35.5. The fourth-order valence-electron chi connectivity index (χ4n) is 3.35. The van der Waals surface area contributed by atoms with E-state index in [0.29, 0.717) is 27.5 Å². The van der Waals surface area contributed by atoms with E-state index in [4.69, 9.17) is 16.3 Å². The molecule has 0 fully saturated rings. The number of ether oxygens (including phenoxy) is 1. The van der Waals surface area contributed by atoms with Gasteiger partial charge in [0.15, 0.2) is 0 Å². The molecule has 0 heterocycles. The molecule has 0 saturated carbocycles. The fourth-order valence-corrected chi connectivity index (χ4v) is 4.89. The van der Waals surface area contributed by atoms with Gasteiger partial charge in [0.25, 0.3) is 10.0 Å². The zero-order valence-electron chi connectivity index (χ0n) is 19.0. The largest absolute Gasteiger partial charge is 0.462 e. The summed E-state index contributed by atoms with van der Waals surface area (Å²) in [5.41, 5.74) is 2.43. The highest BCUT2D eigenvalue weighted by Gasteiger charge is 2.27. The maximum atomic E-state index is 13.5. The molecule has 0 atom stereocenters. The summed E-state index contributed by atoms with van der Waals surface area (Å²) < 4.78 is 33.0. The monoisotopic (exact) mass is 500 g/mol. The van der Waals surface area contributed by atoms with Gasteiger partial charge < -0.3 is 10.1 Å². The smallest absolute Gasteiger partial charge is 0.338 e. The van der Waals surface area contributed by atoms with Crippen molar-refractivity contribution in [1.82, 2.24) is 0 Å². The molecule has 3 aromatic carbocycles. The van der Waals surface area contributed by atoms with E-state index in [0.717, 1.165) is 9.87 Å². The summed E-state index contributed by atoms with van der Waals surface area (Å²) in [6.45, 7) is 4.98. The van der Waals surface area contributed by atoms with Crippen molar-refractivity contribution in [3.8, 4) is 0 Å². The van der Waals surface area contributed by atoms with Crippen molar-refractivity contribution in [3.05, 3.63) is 88.4 Å². The Balaban J connectivity index is 1.93. The molecule has 0 aliphatic heterocycles. The lowest BCUT2D eigenvalue weighted by Gasteiger charge is -2.24. The van der Waals surface area contributed by atoms with Gasteiger partial charge in [-0.3, -0.25) is 9.10 Å². The minimum absolute atomic E-state index is 0.00620. The van der Waals surface area contributed by atoms with E-state index in [1.54, 1.807) is 50.2 Å². The number of rotatable bonds is 8. The van der Waals surface area contributed by atoms with Crippen LogP contribution < -0.4 is 9.62 Å². The lowest BCUT2D eigenvalue weighted by atomic mass is 10.1. The third-order valence-corrected chi connectivity index (χ3v) is 7.12. The molecule has 1 amide bonds. The van der Waals surface area contributed by atoms with Crippen LogP contribution in [0.25, 0.3) is 0 Å². The van der Waals surface area contributed by atoms with E-state index in [9.17, 15) is 18.0 Å². The Kier molecular flexibility index (Phi) is 7.96. The molecule has 0 aliphatic rings. The Hall–Kier alpha value is -3.36. The number of carbonyl (C=O) groups is 2. The molecule has 0 aromatic heterocycles. The van der Waals surface area contributed by atoms with Crippen LogP contribution in [-0.2, 0) is 19.6 Å². The first-order chi connectivity index (χ1) is 16.1. The fraction of sp³-hybridized carbons (Fsp3) is 0.200. The van der Waals surface area contributed by atoms with Crippen LogP contribution in [0.1, 0.15) is 28.4 Å². The van der Waals surface area contributed by atoms with Gasteiger partial charge in [0, 0.05) is 10.7 Å². The minimum atomic E-state index is -4.07. The molecule has 0 unspecified atom stereocenters. The number of carbonyl (C=O) groups excluding carboxylic acids is 2. The summed E-state index contributed by atoms with van der Waals surface area (Å²) >= 11 is 5.92. The van der Waals surface area contributed by atoms with E-state index >= 15 is 0 Å². The van der Waals surface area contributed by atoms with Gasteiger partial charge in [-0.15, -0.1) is 0 Å². The number of amides is 1. The summed E-state index contributed by atoms with van der Waals surface area (Å²) in [4.78, 5) is 25.2. The molecule has 1 N–H and O–H groups in total. The van der Waals surface area contributed by atoms with Gasteiger partial charge in [0.1, 0.15) is 6.54 Å². The Morgan fingerprint density at radius 2 is 1.68 bits per heavy atom. The molecule has 178 valence electrons. The van der Waals surface area contributed by atoms with Crippen LogP contribution in [0.4, 0.5) is 11.4 Å². The van der Waals surface area contributed by atoms with Gasteiger partial charge >= 0.3 is 5.97 Å². The highest BCUT2D eigenvalue weighted by molar-refractivity contribution is 7.92. The van der Waals surface area contributed by atoms with Gasteiger partial charge in [-0.2, -0.15) is 0 Å². The van der Waals surface area contributed by atoms with Crippen LogP contribution in [0.3, 0.4) is 0 Å². The molecular weight excluding hydrogens is 476 g/mol. The summed E-state index contributed by atoms with van der Waals surface area (Å²) in [5, 5.41) is 3.12. The van der Waals surface area contributed by atoms with Crippen molar-refractivity contribution < 1.29 is 22.7 Å². The van der Waals surface area contributed by atoms with Gasteiger partial charge in [-0.25, -0.2) is 13.2 Å². The summed E-state index contributed by atoms with van der Waals surface area (Å²) in [7, 11) is -4.07. The third kappa shape index (κ3) is 5.76. The lowest BCUT2D eigenvalue weighted by molar-refractivity contribution is -0.114. The number of esters is 1. The minimum Gasteiger partial charge on any atom is -0.462 e. The van der Waals surface area contributed by atoms with Gasteiger partial charge in [0.05, 0.1) is 22.8 Å². The third-order valence-electron chi connectivity index (χ3n) is 5.08. The molecule has 0 aliphatic carbocycles. The normalized spacial score (nSPS) is 11.1. The van der Waals surface area contributed by atoms with Crippen LogP contribution in [0, 0.1) is 13.8 Å². The number of aryl methyl sites for hydroxylation is 1. The highest BCUT2D eigenvalue weighted by Crippen LogP contribution is 2.26. The van der Waals surface area contributed by atoms with Gasteiger partial charge in [-0.1, -0.05) is 29.8 Å². The Bertz CT molecular complexity index is 1310. The molecule has 0 radical (unpaired) electrons. The van der Waals surface area contributed by atoms with Crippen LogP contribution in [0.5, 0.6) is 0 Å². The number of anilines is 2. The topological polar surface area (TPSA) is 92.8 Å². The average molecular weight is 501 g/mol. The number of nitrogens with zero attached hydrogens (tertiary/aromatic N) is 1. The number of hydrogen-bond donors (Lipinski definition) is 1. The van der Waals surface area contributed by atoms with Crippen molar-refractivity contribution in [3.63, 3.8) is 0 Å². The van der Waals surface area contributed by atoms with Crippen LogP contribution >= 0.6 is 11.6 Å². The predicted octanol–water partition coefficient (Wildman–Crippen LogP) is 4.97. The van der Waals surface area contributed by atoms with E-state index in [2.05, 4.69) is 5.32 Å². The number of hydrogen-bond acceptors (Lipinski definition) is 5. The molecule has 0 saturated heterocycles. The molecule has 3 aromatic rings. The van der Waals surface area contributed by atoms with Crippen LogP contribution in [0.2, 0.25) is 5.02 Å². The van der Waals surface area contributed by atoms with Crippen molar-refractivity contribution in [2.75, 3.05) is 22.8 Å². The molecule has 3 rings (SSSR count). The van der Waals surface area contributed by atoms with Crippen molar-refractivity contribution in [2.45, 2.75) is 25.7 Å². The summed E-state index contributed by atoms with van der Waals surface area (Å²) in [6, 6.07) is 17.5. The summed E-state index contributed by atoms with van der Waals surface area (Å²) in [6.07, 6.45) is 0. The van der Waals surface area contributed by atoms with Gasteiger partial charge in [-0.05, 0) is 80.4 Å². The number of benzene rings is 3. The zero-order valence-corrected chi connectivity index (χ0v) is 20.6. The van der Waals surface area contributed by atoms with Crippen LogP contribution in [-0.4, -0.2) is 33.4 Å². The van der Waals surface area contributed by atoms with E-state index in [1.165, 1.54) is 24.3 Å². The second-order valence-corrected chi connectivity index (χ2v) is 9.85. The second-order valence-electron chi connectivity index (χ2n) is 7.55. The molecule has 9 heteroatoms. The quantitative estimate of drug-likeness (QED) is 0.441. The van der Waals surface area contributed by atoms with Crippen molar-refractivity contribution in [1.29, 1.82) is 0 Å². The molecule has 0 bridgehead atoms. The van der Waals surface area contributed by atoms with Crippen molar-refractivity contribution in [2.24, 2.45) is 0 Å². The molecule has 34 heavy (non-hydrogen) atoms. The first kappa shape index (κ1) is 25.3. The maximum Gasteiger partial charge on any atom is 0.338 e. The van der Waals surface area contributed by atoms with Crippen molar-refractivity contribution >= 4 is 44.9 Å². The Labute approximate surface area is 204 Å². The first-order valence-electron chi connectivity index (χ1n) is 10.5. The van der Waals surface area contributed by atoms with E-state index in [-0.39, 0.29) is 11.5 Å². The lowest BCUT2D eigenvalue weighted by Crippen LogP contribution is -2.38. The molecule has 0 spiro atoms. The Morgan fingerprint density at radius 3 is 2.32 bits per heavy atom. The predicted molar refractivity (Wildman–Crippen MR) is 133 cm³/mol. The zero-order chi connectivity index (χ0) is 24.9. The summed E-state index contributed by atoms with van der Waals surface area (Å²) in [5.74, 6) is -1.06. The Morgan fingerprint density at radius 1 is 1.00 bits per heavy atom. The van der Waals surface area contributed by atoms with Gasteiger partial charge in [0.2, 0.25) is 5.91 Å². The maximum absolute atomic E-state index is 13.5.